The molecule has 108 valence electrons. The number of rotatable bonds is 7. The predicted molar refractivity (Wildman–Crippen MR) is 83.3 cm³/mol. The van der Waals surface area contributed by atoms with E-state index < -0.39 is 0 Å². The highest BCUT2D eigenvalue weighted by molar-refractivity contribution is 5.48. The fourth-order valence-electron chi connectivity index (χ4n) is 2.42. The maximum absolute atomic E-state index is 5.65. The van der Waals surface area contributed by atoms with Gasteiger partial charge in [0.2, 0.25) is 0 Å². The molecule has 0 unspecified atom stereocenters. The summed E-state index contributed by atoms with van der Waals surface area (Å²) in [6.07, 6.45) is 2.30. The fraction of sp³-hybridized carbons (Fsp3) is 0.647. The molecule has 0 aromatic heterocycles. The summed E-state index contributed by atoms with van der Waals surface area (Å²) in [5, 5.41) is 3.48. The molecule has 1 aromatic carbocycles. The van der Waals surface area contributed by atoms with Crippen molar-refractivity contribution in [2.45, 2.75) is 52.9 Å². The number of methoxy groups -OCH3 is 1. The quantitative estimate of drug-likeness (QED) is 0.751. The third-order valence-corrected chi connectivity index (χ3v) is 3.96. The van der Waals surface area contributed by atoms with Gasteiger partial charge < -0.3 is 10.1 Å². The van der Waals surface area contributed by atoms with Crippen LogP contribution < -0.4 is 10.1 Å². The molecular weight excluding hydrogens is 234 g/mol. The monoisotopic (exact) mass is 263 g/mol. The Morgan fingerprint density at radius 2 is 1.84 bits per heavy atom. The standard InChI is InChI=1S/C17H29NO/c1-7-11-18-12-10-17(4,5)15-9-8-13(2)14(3)16(15)19-6/h8-9,18H,7,10-12H2,1-6H3. The number of ether oxygens (including phenoxy) is 1. The van der Waals surface area contributed by atoms with Crippen molar-refractivity contribution in [2.75, 3.05) is 20.2 Å². The summed E-state index contributed by atoms with van der Waals surface area (Å²) < 4.78 is 5.65. The van der Waals surface area contributed by atoms with Gasteiger partial charge in [-0.3, -0.25) is 0 Å². The Kier molecular flexibility index (Phi) is 5.86. The Morgan fingerprint density at radius 3 is 2.42 bits per heavy atom. The molecule has 1 rings (SSSR count). The van der Waals surface area contributed by atoms with E-state index in [-0.39, 0.29) is 5.41 Å². The lowest BCUT2D eigenvalue weighted by atomic mass is 9.79. The number of benzene rings is 1. The molecule has 1 N–H and O–H groups in total. The third-order valence-electron chi connectivity index (χ3n) is 3.96. The Morgan fingerprint density at radius 1 is 1.16 bits per heavy atom. The van der Waals surface area contributed by atoms with Crippen LogP contribution in [0, 0.1) is 13.8 Å². The molecule has 0 saturated carbocycles. The fourth-order valence-corrected chi connectivity index (χ4v) is 2.42. The van der Waals surface area contributed by atoms with Crippen LogP contribution in [0.5, 0.6) is 5.75 Å². The number of aryl methyl sites for hydroxylation is 1. The molecule has 0 fully saturated rings. The Labute approximate surface area is 118 Å². The van der Waals surface area contributed by atoms with Crippen molar-refractivity contribution in [1.82, 2.24) is 5.32 Å². The highest BCUT2D eigenvalue weighted by Gasteiger charge is 2.25. The van der Waals surface area contributed by atoms with Crippen molar-refractivity contribution >= 4 is 0 Å². The zero-order chi connectivity index (χ0) is 14.5. The molecule has 0 amide bonds. The third kappa shape index (κ3) is 3.97. The average molecular weight is 263 g/mol. The highest BCUT2D eigenvalue weighted by Crippen LogP contribution is 2.37. The van der Waals surface area contributed by atoms with E-state index in [9.17, 15) is 0 Å². The molecule has 0 saturated heterocycles. The van der Waals surface area contributed by atoms with E-state index in [2.05, 4.69) is 52.1 Å². The molecule has 1 aromatic rings. The summed E-state index contributed by atoms with van der Waals surface area (Å²) in [7, 11) is 1.77. The molecule has 19 heavy (non-hydrogen) atoms. The van der Waals surface area contributed by atoms with Crippen molar-refractivity contribution in [3.05, 3.63) is 28.8 Å². The summed E-state index contributed by atoms with van der Waals surface area (Å²) >= 11 is 0. The minimum Gasteiger partial charge on any atom is -0.496 e. The summed E-state index contributed by atoms with van der Waals surface area (Å²) in [5.41, 5.74) is 4.00. The summed E-state index contributed by atoms with van der Waals surface area (Å²) in [4.78, 5) is 0. The molecule has 2 nitrogen and oxygen atoms in total. The zero-order valence-corrected chi connectivity index (χ0v) is 13.4. The van der Waals surface area contributed by atoms with Gasteiger partial charge in [0, 0.05) is 5.56 Å². The van der Waals surface area contributed by atoms with Gasteiger partial charge in [-0.1, -0.05) is 32.9 Å². The number of nitrogens with one attached hydrogen (secondary N) is 1. The van der Waals surface area contributed by atoms with Crippen LogP contribution in [-0.2, 0) is 5.41 Å². The van der Waals surface area contributed by atoms with E-state index in [0.29, 0.717) is 0 Å². The van der Waals surface area contributed by atoms with Crippen LogP contribution in [0.25, 0.3) is 0 Å². The van der Waals surface area contributed by atoms with Crippen LogP contribution in [0.2, 0.25) is 0 Å². The lowest BCUT2D eigenvalue weighted by Crippen LogP contribution is -2.26. The van der Waals surface area contributed by atoms with E-state index in [1.807, 2.05) is 0 Å². The Bertz CT molecular complexity index is 410. The normalized spacial score (nSPS) is 11.7. The second kappa shape index (κ2) is 6.95. The second-order valence-electron chi connectivity index (χ2n) is 5.97. The average Bonchev–Trinajstić information content (AvgIpc) is 2.37. The maximum atomic E-state index is 5.65. The van der Waals surface area contributed by atoms with Gasteiger partial charge in [0.05, 0.1) is 7.11 Å². The van der Waals surface area contributed by atoms with E-state index in [1.54, 1.807) is 7.11 Å². The van der Waals surface area contributed by atoms with Crippen molar-refractivity contribution in [3.8, 4) is 5.75 Å². The van der Waals surface area contributed by atoms with Crippen LogP contribution in [0.1, 0.15) is 50.3 Å². The minimum absolute atomic E-state index is 0.130. The summed E-state index contributed by atoms with van der Waals surface area (Å²) in [6.45, 7) is 13.2. The molecule has 0 aliphatic carbocycles. The second-order valence-corrected chi connectivity index (χ2v) is 5.97. The molecule has 2 heteroatoms. The van der Waals surface area contributed by atoms with Crippen molar-refractivity contribution < 1.29 is 4.74 Å². The van der Waals surface area contributed by atoms with E-state index in [4.69, 9.17) is 4.74 Å². The van der Waals surface area contributed by atoms with Gasteiger partial charge in [-0.2, -0.15) is 0 Å². The Balaban J connectivity index is 2.91. The predicted octanol–water partition coefficient (Wildman–Crippen LogP) is 3.98. The van der Waals surface area contributed by atoms with Crippen molar-refractivity contribution in [2.24, 2.45) is 0 Å². The molecule has 0 aliphatic heterocycles. The van der Waals surface area contributed by atoms with Crippen LogP contribution in [0.3, 0.4) is 0 Å². The largest absolute Gasteiger partial charge is 0.496 e. The van der Waals surface area contributed by atoms with Crippen LogP contribution in [0.15, 0.2) is 12.1 Å². The molecule has 0 aliphatic rings. The number of hydrogen-bond donors (Lipinski definition) is 1. The van der Waals surface area contributed by atoms with E-state index in [0.717, 1.165) is 25.3 Å². The lowest BCUT2D eigenvalue weighted by molar-refractivity contribution is 0.379. The molecule has 0 heterocycles. The summed E-state index contributed by atoms with van der Waals surface area (Å²) in [6, 6.07) is 4.43. The van der Waals surface area contributed by atoms with Gasteiger partial charge in [0.25, 0.3) is 0 Å². The first kappa shape index (κ1) is 16.0. The first-order chi connectivity index (χ1) is 8.94. The van der Waals surface area contributed by atoms with Gasteiger partial charge in [0.15, 0.2) is 0 Å². The molecular formula is C17H29NO. The van der Waals surface area contributed by atoms with Crippen LogP contribution in [0.4, 0.5) is 0 Å². The van der Waals surface area contributed by atoms with Crippen LogP contribution in [-0.4, -0.2) is 20.2 Å². The minimum atomic E-state index is 0.130. The van der Waals surface area contributed by atoms with E-state index in [1.165, 1.54) is 23.1 Å². The molecule has 0 atom stereocenters. The van der Waals surface area contributed by atoms with Crippen molar-refractivity contribution in [1.29, 1.82) is 0 Å². The van der Waals surface area contributed by atoms with Gasteiger partial charge in [-0.05, 0) is 56.3 Å². The molecule has 0 spiro atoms. The first-order valence-corrected chi connectivity index (χ1v) is 7.29. The topological polar surface area (TPSA) is 21.3 Å². The van der Waals surface area contributed by atoms with Gasteiger partial charge in [-0.15, -0.1) is 0 Å². The smallest absolute Gasteiger partial charge is 0.125 e. The SMILES string of the molecule is CCCNCCC(C)(C)c1ccc(C)c(C)c1OC. The highest BCUT2D eigenvalue weighted by atomic mass is 16.5. The molecule has 0 bridgehead atoms. The summed E-state index contributed by atoms with van der Waals surface area (Å²) in [5.74, 6) is 1.06. The Hall–Kier alpha value is -1.02. The van der Waals surface area contributed by atoms with Gasteiger partial charge in [-0.25, -0.2) is 0 Å². The van der Waals surface area contributed by atoms with Crippen molar-refractivity contribution in [3.63, 3.8) is 0 Å². The van der Waals surface area contributed by atoms with Gasteiger partial charge in [0.1, 0.15) is 5.75 Å². The molecule has 0 radical (unpaired) electrons. The zero-order valence-electron chi connectivity index (χ0n) is 13.4. The lowest BCUT2D eigenvalue weighted by Gasteiger charge is -2.28. The first-order valence-electron chi connectivity index (χ1n) is 7.29. The number of hydrogen-bond acceptors (Lipinski definition) is 2. The van der Waals surface area contributed by atoms with Crippen LogP contribution >= 0.6 is 0 Å². The maximum Gasteiger partial charge on any atom is 0.125 e. The van der Waals surface area contributed by atoms with E-state index >= 15 is 0 Å². The van der Waals surface area contributed by atoms with Gasteiger partial charge >= 0.3 is 0 Å².